The largest absolute Gasteiger partial charge is 0.294 e. The minimum Gasteiger partial charge on any atom is -0.294 e. The molecule has 2 rings (SSSR count). The van der Waals surface area contributed by atoms with Gasteiger partial charge in [0.2, 0.25) is 0 Å². The number of carbonyl (C=O) groups excluding carboxylic acids is 1. The molecule has 0 spiro atoms. The number of fused-ring (bicyclic) bond motifs is 1. The summed E-state index contributed by atoms with van der Waals surface area (Å²) in [7, 11) is 0. The maximum absolute atomic E-state index is 11.6. The first-order chi connectivity index (χ1) is 6.33. The van der Waals surface area contributed by atoms with Gasteiger partial charge in [0.15, 0.2) is 5.78 Å². The van der Waals surface area contributed by atoms with Crippen LogP contribution in [0.4, 0.5) is 0 Å². The van der Waals surface area contributed by atoms with Gasteiger partial charge in [0.1, 0.15) is 6.33 Å². The van der Waals surface area contributed by atoms with Gasteiger partial charge >= 0.3 is 0 Å². The quantitative estimate of drug-likeness (QED) is 0.652. The van der Waals surface area contributed by atoms with E-state index in [0.717, 1.165) is 36.2 Å². The number of hydrogen-bond donors (Lipinski definition) is 0. The van der Waals surface area contributed by atoms with Gasteiger partial charge < -0.3 is 0 Å². The van der Waals surface area contributed by atoms with Crippen molar-refractivity contribution in [1.82, 2.24) is 9.97 Å². The highest BCUT2D eigenvalue weighted by atomic mass is 16.1. The fourth-order valence-corrected chi connectivity index (χ4v) is 1.78. The van der Waals surface area contributed by atoms with E-state index >= 15 is 0 Å². The third-order valence-electron chi connectivity index (χ3n) is 2.44. The third kappa shape index (κ3) is 1.34. The average Bonchev–Trinajstić information content (AvgIpc) is 2.17. The van der Waals surface area contributed by atoms with Crippen molar-refractivity contribution >= 4 is 5.78 Å². The predicted octanol–water partition coefficient (Wildman–Crippen LogP) is 1.56. The zero-order chi connectivity index (χ0) is 9.26. The Kier molecular flexibility index (Phi) is 2.08. The fourth-order valence-electron chi connectivity index (χ4n) is 1.78. The van der Waals surface area contributed by atoms with E-state index in [1.807, 2.05) is 6.92 Å². The summed E-state index contributed by atoms with van der Waals surface area (Å²) < 4.78 is 0. The van der Waals surface area contributed by atoms with E-state index in [1.54, 1.807) is 6.33 Å². The van der Waals surface area contributed by atoms with E-state index in [9.17, 15) is 4.79 Å². The molecular formula is C10H12N2O. The van der Waals surface area contributed by atoms with E-state index in [2.05, 4.69) is 9.97 Å². The highest BCUT2D eigenvalue weighted by molar-refractivity contribution is 5.98. The van der Waals surface area contributed by atoms with Gasteiger partial charge in [-0.2, -0.15) is 0 Å². The van der Waals surface area contributed by atoms with Crippen molar-refractivity contribution in [3.63, 3.8) is 0 Å². The molecule has 0 fully saturated rings. The molecule has 0 amide bonds. The van der Waals surface area contributed by atoms with Crippen molar-refractivity contribution in [2.24, 2.45) is 0 Å². The lowest BCUT2D eigenvalue weighted by Crippen LogP contribution is -2.16. The number of aromatic nitrogens is 2. The van der Waals surface area contributed by atoms with Crippen molar-refractivity contribution < 1.29 is 4.79 Å². The van der Waals surface area contributed by atoms with Gasteiger partial charge in [-0.05, 0) is 19.3 Å². The summed E-state index contributed by atoms with van der Waals surface area (Å²) in [5.41, 5.74) is 2.66. The molecule has 1 heterocycles. The molecule has 0 radical (unpaired) electrons. The topological polar surface area (TPSA) is 42.9 Å². The molecule has 0 N–H and O–H groups in total. The molecule has 13 heavy (non-hydrogen) atoms. The first-order valence-electron chi connectivity index (χ1n) is 4.69. The third-order valence-corrected chi connectivity index (χ3v) is 2.44. The zero-order valence-corrected chi connectivity index (χ0v) is 7.71. The maximum Gasteiger partial charge on any atom is 0.166 e. The normalized spacial score (nSPS) is 15.6. The molecule has 0 aromatic carbocycles. The molecule has 0 saturated heterocycles. The molecule has 0 bridgehead atoms. The van der Waals surface area contributed by atoms with E-state index < -0.39 is 0 Å². The van der Waals surface area contributed by atoms with Gasteiger partial charge in [-0.3, -0.25) is 4.79 Å². The molecular weight excluding hydrogens is 164 g/mol. The first kappa shape index (κ1) is 8.35. The molecule has 1 aliphatic rings. The van der Waals surface area contributed by atoms with Crippen molar-refractivity contribution in [1.29, 1.82) is 0 Å². The number of Topliss-reactive ketones (excluding diaryl/α,β-unsaturated/α-hetero) is 1. The summed E-state index contributed by atoms with van der Waals surface area (Å²) in [6.45, 7) is 2.02. The number of nitrogens with zero attached hydrogens (tertiary/aromatic N) is 2. The van der Waals surface area contributed by atoms with E-state index in [0.29, 0.717) is 6.42 Å². The predicted molar refractivity (Wildman–Crippen MR) is 48.7 cm³/mol. The second-order valence-electron chi connectivity index (χ2n) is 3.27. The SMILES string of the molecule is CCc1ncnc2c1C(=O)CCC2. The Morgan fingerprint density at radius 2 is 2.23 bits per heavy atom. The van der Waals surface area contributed by atoms with Gasteiger partial charge in [-0.25, -0.2) is 9.97 Å². The molecule has 0 unspecified atom stereocenters. The van der Waals surface area contributed by atoms with Crippen LogP contribution in [0.1, 0.15) is 41.5 Å². The Hall–Kier alpha value is -1.25. The molecule has 3 nitrogen and oxygen atoms in total. The molecule has 0 saturated carbocycles. The van der Waals surface area contributed by atoms with Gasteiger partial charge in [-0.1, -0.05) is 6.92 Å². The van der Waals surface area contributed by atoms with Gasteiger partial charge in [0.05, 0.1) is 17.0 Å². The van der Waals surface area contributed by atoms with Gasteiger partial charge in [0.25, 0.3) is 0 Å². The fraction of sp³-hybridized carbons (Fsp3) is 0.500. The lowest BCUT2D eigenvalue weighted by molar-refractivity contribution is 0.0970. The first-order valence-corrected chi connectivity index (χ1v) is 4.69. The van der Waals surface area contributed by atoms with E-state index in [4.69, 9.17) is 0 Å². The molecule has 0 aliphatic heterocycles. The standard InChI is InChI=1S/C10H12N2O/c1-2-7-10-8(12-6-11-7)4-3-5-9(10)13/h6H,2-5H2,1H3. The van der Waals surface area contributed by atoms with Gasteiger partial charge in [0, 0.05) is 6.42 Å². The number of aryl methyl sites for hydroxylation is 2. The zero-order valence-electron chi connectivity index (χ0n) is 7.71. The summed E-state index contributed by atoms with van der Waals surface area (Å²) >= 11 is 0. The van der Waals surface area contributed by atoms with Crippen LogP contribution in [0.5, 0.6) is 0 Å². The molecule has 1 aromatic heterocycles. The van der Waals surface area contributed by atoms with Crippen LogP contribution < -0.4 is 0 Å². The minimum atomic E-state index is 0.221. The van der Waals surface area contributed by atoms with Crippen LogP contribution in [0, 0.1) is 0 Å². The summed E-state index contributed by atoms with van der Waals surface area (Å²) in [5.74, 6) is 0.221. The second kappa shape index (κ2) is 3.24. The molecule has 1 aromatic rings. The Morgan fingerprint density at radius 1 is 1.38 bits per heavy atom. The van der Waals surface area contributed by atoms with Crippen LogP contribution in [0.2, 0.25) is 0 Å². The Labute approximate surface area is 77.2 Å². The van der Waals surface area contributed by atoms with Gasteiger partial charge in [-0.15, -0.1) is 0 Å². The number of hydrogen-bond acceptors (Lipinski definition) is 3. The van der Waals surface area contributed by atoms with Crippen molar-refractivity contribution in [2.75, 3.05) is 0 Å². The van der Waals surface area contributed by atoms with Crippen molar-refractivity contribution in [3.05, 3.63) is 23.3 Å². The second-order valence-corrected chi connectivity index (χ2v) is 3.27. The Morgan fingerprint density at radius 3 is 3.00 bits per heavy atom. The maximum atomic E-state index is 11.6. The Bertz CT molecular complexity index is 333. The number of ketones is 1. The minimum absolute atomic E-state index is 0.221. The van der Waals surface area contributed by atoms with Crippen molar-refractivity contribution in [3.8, 4) is 0 Å². The van der Waals surface area contributed by atoms with Crippen LogP contribution in [0.25, 0.3) is 0 Å². The summed E-state index contributed by atoms with van der Waals surface area (Å²) in [6, 6.07) is 0. The highest BCUT2D eigenvalue weighted by Gasteiger charge is 2.21. The molecule has 3 heteroatoms. The summed E-state index contributed by atoms with van der Waals surface area (Å²) in [5, 5.41) is 0. The smallest absolute Gasteiger partial charge is 0.166 e. The number of rotatable bonds is 1. The van der Waals surface area contributed by atoms with E-state index in [1.165, 1.54) is 0 Å². The summed E-state index contributed by atoms with van der Waals surface area (Å²) in [6.07, 6.45) is 4.91. The summed E-state index contributed by atoms with van der Waals surface area (Å²) in [4.78, 5) is 19.9. The van der Waals surface area contributed by atoms with Crippen LogP contribution in [0.3, 0.4) is 0 Å². The van der Waals surface area contributed by atoms with Crippen molar-refractivity contribution in [2.45, 2.75) is 32.6 Å². The van der Waals surface area contributed by atoms with Crippen LogP contribution >= 0.6 is 0 Å². The van der Waals surface area contributed by atoms with E-state index in [-0.39, 0.29) is 5.78 Å². The lowest BCUT2D eigenvalue weighted by Gasteiger charge is -2.15. The molecule has 1 aliphatic carbocycles. The molecule has 68 valence electrons. The Balaban J connectivity index is 2.56. The van der Waals surface area contributed by atoms with Crippen LogP contribution in [0.15, 0.2) is 6.33 Å². The monoisotopic (exact) mass is 176 g/mol. The average molecular weight is 176 g/mol. The van der Waals surface area contributed by atoms with Crippen LogP contribution in [-0.2, 0) is 12.8 Å². The number of carbonyl (C=O) groups is 1. The van der Waals surface area contributed by atoms with Crippen LogP contribution in [-0.4, -0.2) is 15.8 Å². The highest BCUT2D eigenvalue weighted by Crippen LogP contribution is 2.21. The molecule has 0 atom stereocenters. The lowest BCUT2D eigenvalue weighted by atomic mass is 9.93.